The lowest BCUT2D eigenvalue weighted by molar-refractivity contribution is -0.461. The van der Waals surface area contributed by atoms with E-state index in [1.165, 1.54) is 24.6 Å². The molecule has 0 spiro atoms. The highest BCUT2D eigenvalue weighted by molar-refractivity contribution is 6.52. The normalized spacial score (nSPS) is 27.1. The maximum absolute atomic E-state index is 13.7. The molecule has 2 amide bonds. The quantitative estimate of drug-likeness (QED) is 0.0417. The van der Waals surface area contributed by atoms with Gasteiger partial charge in [-0.2, -0.15) is 0 Å². The van der Waals surface area contributed by atoms with Gasteiger partial charge in [-0.3, -0.25) is 25.3 Å². The monoisotopic (exact) mass is 590 g/mol. The van der Waals surface area contributed by atoms with Crippen LogP contribution in [0.5, 0.6) is 0 Å². The van der Waals surface area contributed by atoms with Gasteiger partial charge in [0.2, 0.25) is 5.91 Å². The Morgan fingerprint density at radius 3 is 2.67 bits per heavy atom. The molecule has 3 atom stereocenters. The van der Waals surface area contributed by atoms with Crippen molar-refractivity contribution in [2.75, 3.05) is 6.54 Å². The second kappa shape index (κ2) is 12.9. The van der Waals surface area contributed by atoms with Crippen molar-refractivity contribution in [1.82, 2.24) is 21.0 Å². The summed E-state index contributed by atoms with van der Waals surface area (Å²) in [5.74, 6) is 2.04. The smallest absolute Gasteiger partial charge is 0.367 e. The number of nitrogens with one attached hydrogen (secondary N) is 4. The van der Waals surface area contributed by atoms with Gasteiger partial charge < -0.3 is 15.3 Å². The molecule has 1 heterocycles. The molecule has 6 aliphatic rings. The molecule has 6 N–H and O–H groups in total. The molecular weight excluding hydrogens is 545 g/mol. The number of aromatic nitrogens is 1. The molecule has 43 heavy (non-hydrogen) atoms. The number of pyridine rings is 1. The highest BCUT2D eigenvalue weighted by atomic mass is 16.4. The van der Waals surface area contributed by atoms with Crippen molar-refractivity contribution in [3.8, 4) is 12.3 Å². The van der Waals surface area contributed by atoms with Gasteiger partial charge in [-0.05, 0) is 79.1 Å². The van der Waals surface area contributed by atoms with E-state index in [2.05, 4.69) is 64.9 Å². The number of terminal acetylenes is 1. The summed E-state index contributed by atoms with van der Waals surface area (Å²) >= 11 is 0. The van der Waals surface area contributed by atoms with E-state index in [0.717, 1.165) is 6.42 Å². The average molecular weight is 591 g/mol. The molecule has 6 aliphatic carbocycles. The zero-order valence-electron chi connectivity index (χ0n) is 25.9. The van der Waals surface area contributed by atoms with Gasteiger partial charge in [-0.25, -0.2) is 0 Å². The molecule has 6 fully saturated rings. The lowest BCUT2D eigenvalue weighted by Gasteiger charge is -2.87. The molecule has 6 saturated carbocycles. The number of nitroso groups, excluding NO2 is 1. The molecule has 7 rings (SSSR count). The summed E-state index contributed by atoms with van der Waals surface area (Å²) in [5, 5.41) is 8.56. The largest absolute Gasteiger partial charge is 0.428 e. The summed E-state index contributed by atoms with van der Waals surface area (Å²) < 4.78 is 6.74. The van der Waals surface area contributed by atoms with E-state index >= 15 is 0 Å². The minimum atomic E-state index is -0.831. The first kappa shape index (κ1) is 32.2. The number of hydrogen-bond acceptors (Lipinski definition) is 6. The van der Waals surface area contributed by atoms with E-state index in [0.29, 0.717) is 37.1 Å². The number of amides is 2. The Labute approximate surface area is 254 Å². The topological polar surface area (TPSA) is 162 Å². The second-order valence-electron chi connectivity index (χ2n) is 13.3. The number of guanidine groups is 1. The average Bonchev–Trinajstić information content (AvgIpc) is 2.94. The van der Waals surface area contributed by atoms with E-state index in [-0.39, 0.29) is 47.4 Å². The molecule has 2 bridgehead atoms. The Morgan fingerprint density at radius 1 is 1.33 bits per heavy atom. The Hall–Kier alpha value is -3.72. The number of rotatable bonds is 14. The predicted molar refractivity (Wildman–Crippen MR) is 166 cm³/mol. The molecule has 1 aromatic rings. The number of nitrogens with two attached hydrogens (primary N) is 1. The maximum atomic E-state index is 13.7. The number of nitrogens with zero attached hydrogens (tertiary/aromatic N) is 2. The lowest BCUT2D eigenvalue weighted by atomic mass is 9.17. The van der Waals surface area contributed by atoms with Gasteiger partial charge in [0.05, 0.1) is 12.6 Å². The van der Waals surface area contributed by atoms with Gasteiger partial charge in [0.1, 0.15) is 17.0 Å². The molecular formula is C31H45BN7O4+. The highest BCUT2D eigenvalue weighted by Gasteiger charge is 2.84. The van der Waals surface area contributed by atoms with Gasteiger partial charge in [0, 0.05) is 17.6 Å². The van der Waals surface area contributed by atoms with Crippen LogP contribution in [0.3, 0.4) is 0 Å². The van der Waals surface area contributed by atoms with Crippen LogP contribution in [-0.4, -0.2) is 54.3 Å². The minimum Gasteiger partial charge on any atom is -0.428 e. The zero-order valence-corrected chi connectivity index (χ0v) is 25.9. The van der Waals surface area contributed by atoms with E-state index < -0.39 is 11.9 Å². The summed E-state index contributed by atoms with van der Waals surface area (Å²) in [7, 11) is 0. The van der Waals surface area contributed by atoms with Crippen molar-refractivity contribution in [2.45, 2.75) is 91.1 Å². The van der Waals surface area contributed by atoms with Gasteiger partial charge in [0.15, 0.2) is 0 Å². The number of carbonyl (C=O) groups is 2. The standard InChI is InChI=1S/C31H44BN7O4/c1-7-11-21-24(17-30-18-31(21,19-30)29(30,4)5)43-32(6)25(16-20(2)3)37-27(41)23(13-10-15-35-28(33)38-39-42)36-26(40)22-12-8-9-14-34-22/h1,8-9,11-12,14,20,23-25H,10,13,15-19H2,2-6H3,(H,36,40)(H,37,41)(H3,33,35,38,42)/p+1/b21-11-/t23-,24+,25-,30?,31?/m0/s1. The third kappa shape index (κ3) is 6.18. The van der Waals surface area contributed by atoms with Crippen LogP contribution >= 0.6 is 0 Å². The van der Waals surface area contributed by atoms with Crippen LogP contribution in [0.25, 0.3) is 0 Å². The van der Waals surface area contributed by atoms with Crippen LogP contribution in [-0.2, 0) is 9.45 Å². The lowest BCUT2D eigenvalue weighted by Crippen LogP contribution is -2.81. The van der Waals surface area contributed by atoms with Crippen LogP contribution in [0.4, 0.5) is 0 Å². The maximum Gasteiger partial charge on any atom is 0.367 e. The Kier molecular flexibility index (Phi) is 9.65. The molecule has 11 nitrogen and oxygen atoms in total. The van der Waals surface area contributed by atoms with Crippen molar-refractivity contribution >= 4 is 24.7 Å². The van der Waals surface area contributed by atoms with Gasteiger partial charge in [-0.1, -0.05) is 46.5 Å². The van der Waals surface area contributed by atoms with Gasteiger partial charge in [0.25, 0.3) is 5.91 Å². The summed E-state index contributed by atoms with van der Waals surface area (Å²) in [4.78, 5) is 44.0. The summed E-state index contributed by atoms with van der Waals surface area (Å²) in [6.07, 6.45) is 13.9. The predicted octanol–water partition coefficient (Wildman–Crippen LogP) is 1.47. The van der Waals surface area contributed by atoms with E-state index in [1.54, 1.807) is 18.2 Å². The van der Waals surface area contributed by atoms with Crippen LogP contribution in [0.2, 0.25) is 6.82 Å². The van der Waals surface area contributed by atoms with Crippen molar-refractivity contribution in [3.63, 3.8) is 0 Å². The van der Waals surface area contributed by atoms with E-state index in [9.17, 15) is 14.5 Å². The molecule has 230 valence electrons. The second-order valence-corrected chi connectivity index (χ2v) is 13.3. The van der Waals surface area contributed by atoms with Crippen LogP contribution in [0.15, 0.2) is 41.3 Å². The van der Waals surface area contributed by atoms with Crippen molar-refractivity contribution in [1.29, 1.82) is 0 Å². The fourth-order valence-corrected chi connectivity index (χ4v) is 7.59. The Bertz CT molecular complexity index is 1300. The van der Waals surface area contributed by atoms with Crippen molar-refractivity contribution in [3.05, 3.63) is 46.6 Å². The first-order valence-corrected chi connectivity index (χ1v) is 15.2. The molecule has 1 aromatic heterocycles. The van der Waals surface area contributed by atoms with E-state index in [4.69, 9.17) is 16.8 Å². The summed E-state index contributed by atoms with van der Waals surface area (Å²) in [6, 6.07) is 4.20. The summed E-state index contributed by atoms with van der Waals surface area (Å²) in [5.41, 5.74) is 9.80. The van der Waals surface area contributed by atoms with Crippen LogP contribution < -0.4 is 26.8 Å². The van der Waals surface area contributed by atoms with Gasteiger partial charge >= 0.3 is 12.9 Å². The molecule has 0 saturated heterocycles. The molecule has 0 aliphatic heterocycles. The molecule has 12 heteroatoms. The zero-order chi connectivity index (χ0) is 31.4. The fraction of sp³-hybridized carbons (Fsp3) is 0.613. The highest BCUT2D eigenvalue weighted by Crippen LogP contribution is 2.91. The molecule has 0 unspecified atom stereocenters. The summed E-state index contributed by atoms with van der Waals surface area (Å²) in [6.45, 7) is 11.0. The van der Waals surface area contributed by atoms with Crippen LogP contribution in [0.1, 0.15) is 76.7 Å². The third-order valence-electron chi connectivity index (χ3n) is 10.2. The van der Waals surface area contributed by atoms with Crippen molar-refractivity contribution < 1.29 is 19.2 Å². The number of carbonyl (C=O) groups excluding carboxylic acids is 2. The van der Waals surface area contributed by atoms with E-state index in [1.807, 2.05) is 12.9 Å². The number of allylic oxidation sites excluding steroid dienone is 1. The SMILES string of the molecule is C#C/C=C1/[C@H](OB(C)[C@H](CC(C)C)NC(=O)[C@H](CCC[NH+]=C(N)NN=O)NC(=O)c2ccccn2)CC23CC1(C2)C3(C)C. The molecule has 0 aromatic carbocycles. The van der Waals surface area contributed by atoms with Gasteiger partial charge in [-0.15, -0.1) is 16.8 Å². The minimum absolute atomic E-state index is 0.00945. The Balaban J connectivity index is 1.46. The first-order valence-electron chi connectivity index (χ1n) is 15.2. The fourth-order valence-electron chi connectivity index (χ4n) is 7.59. The Morgan fingerprint density at radius 2 is 2.07 bits per heavy atom. The molecule has 0 radical (unpaired) electrons. The third-order valence-corrected chi connectivity index (χ3v) is 10.2. The first-order chi connectivity index (χ1) is 20.4. The van der Waals surface area contributed by atoms with Crippen molar-refractivity contribution in [2.24, 2.45) is 33.2 Å². The van der Waals surface area contributed by atoms with Crippen LogP contribution in [0, 0.1) is 39.4 Å². The number of hydrogen-bond donors (Lipinski definition) is 5.